The Hall–Kier alpha value is -2.56. The Bertz CT molecular complexity index is 719. The first-order chi connectivity index (χ1) is 11.7. The topological polar surface area (TPSA) is 38.8 Å². The molecular weight excluding hydrogens is 309 g/mol. The number of nitrogens with zero attached hydrogens (tertiary/aromatic N) is 1. The van der Waals surface area contributed by atoms with E-state index in [1.54, 1.807) is 23.1 Å². The lowest BCUT2D eigenvalue weighted by Gasteiger charge is -2.31. The number of fused-ring (bicyclic) bond motifs is 1. The lowest BCUT2D eigenvalue weighted by Crippen LogP contribution is -2.44. The fourth-order valence-corrected chi connectivity index (χ4v) is 2.72. The van der Waals surface area contributed by atoms with E-state index < -0.39 is 0 Å². The fraction of sp³-hybridized carbons (Fsp3) is 0.316. The van der Waals surface area contributed by atoms with Crippen LogP contribution >= 0.6 is 0 Å². The van der Waals surface area contributed by atoms with Crippen molar-refractivity contribution in [3.63, 3.8) is 0 Å². The molecule has 126 valence electrons. The van der Waals surface area contributed by atoms with Crippen LogP contribution in [0.4, 0.5) is 4.39 Å². The molecule has 3 rings (SSSR count). The molecule has 2 aromatic carbocycles. The maximum Gasteiger partial charge on any atom is 0.227 e. The van der Waals surface area contributed by atoms with Crippen LogP contribution in [0, 0.1) is 5.82 Å². The minimum atomic E-state index is -0.354. The summed E-state index contributed by atoms with van der Waals surface area (Å²) in [4.78, 5) is 14.2. The second-order valence-electron chi connectivity index (χ2n) is 5.70. The summed E-state index contributed by atoms with van der Waals surface area (Å²) in [5.74, 6) is 0.930. The van der Waals surface area contributed by atoms with E-state index in [1.807, 2.05) is 31.2 Å². The van der Waals surface area contributed by atoms with Crippen LogP contribution in [0.2, 0.25) is 0 Å². The van der Waals surface area contributed by atoms with Gasteiger partial charge in [0, 0.05) is 6.54 Å². The van der Waals surface area contributed by atoms with E-state index in [4.69, 9.17) is 9.47 Å². The number of ether oxygens (including phenoxy) is 2. The number of hydrogen-bond acceptors (Lipinski definition) is 3. The molecule has 0 aliphatic carbocycles. The van der Waals surface area contributed by atoms with Crippen LogP contribution in [0.5, 0.6) is 11.5 Å². The zero-order valence-corrected chi connectivity index (χ0v) is 13.6. The first-order valence-corrected chi connectivity index (χ1v) is 8.07. The summed E-state index contributed by atoms with van der Waals surface area (Å²) >= 11 is 0. The number of hydrogen-bond donors (Lipinski definition) is 0. The molecule has 0 radical (unpaired) electrons. The van der Waals surface area contributed by atoms with Gasteiger partial charge in [0.15, 0.2) is 17.6 Å². The highest BCUT2D eigenvalue weighted by Crippen LogP contribution is 2.31. The standard InChI is InChI=1S/C19H20FNO3/c1-2-21(19(22)11-14-7-3-4-8-16(14)20)12-15-13-23-17-9-5-6-10-18(17)24-15/h3-10,15H,2,11-13H2,1H3. The van der Waals surface area contributed by atoms with Gasteiger partial charge in [-0.25, -0.2) is 4.39 Å². The largest absolute Gasteiger partial charge is 0.486 e. The fourth-order valence-electron chi connectivity index (χ4n) is 2.72. The van der Waals surface area contributed by atoms with Gasteiger partial charge in [-0.2, -0.15) is 0 Å². The Labute approximate surface area is 140 Å². The molecule has 0 aromatic heterocycles. The van der Waals surface area contributed by atoms with Gasteiger partial charge in [-0.15, -0.1) is 0 Å². The normalized spacial score (nSPS) is 15.8. The highest BCUT2D eigenvalue weighted by molar-refractivity contribution is 5.78. The summed E-state index contributed by atoms with van der Waals surface area (Å²) in [7, 11) is 0. The number of amides is 1. The van der Waals surface area contributed by atoms with Crippen LogP contribution in [0.15, 0.2) is 48.5 Å². The zero-order valence-electron chi connectivity index (χ0n) is 13.6. The predicted molar refractivity (Wildman–Crippen MR) is 88.7 cm³/mol. The summed E-state index contributed by atoms with van der Waals surface area (Å²) in [6, 6.07) is 13.8. The van der Waals surface area contributed by atoms with Crippen molar-refractivity contribution in [1.82, 2.24) is 4.90 Å². The molecule has 1 unspecified atom stereocenters. The molecule has 0 fully saturated rings. The molecule has 0 saturated carbocycles. The smallest absolute Gasteiger partial charge is 0.227 e. The van der Waals surface area contributed by atoms with Crippen molar-refractivity contribution in [2.75, 3.05) is 19.7 Å². The number of para-hydroxylation sites is 2. The van der Waals surface area contributed by atoms with E-state index >= 15 is 0 Å². The molecule has 0 spiro atoms. The van der Waals surface area contributed by atoms with Crippen LogP contribution in [-0.4, -0.2) is 36.6 Å². The average Bonchev–Trinajstić information content (AvgIpc) is 2.61. The summed E-state index contributed by atoms with van der Waals surface area (Å²) in [5, 5.41) is 0. The second kappa shape index (κ2) is 7.34. The average molecular weight is 329 g/mol. The van der Waals surface area contributed by atoms with Crippen molar-refractivity contribution in [3.8, 4) is 11.5 Å². The lowest BCUT2D eigenvalue weighted by molar-refractivity contribution is -0.131. The Morgan fingerprint density at radius 2 is 1.88 bits per heavy atom. The molecular formula is C19H20FNO3. The number of carbonyl (C=O) groups is 1. The minimum Gasteiger partial charge on any atom is -0.486 e. The number of rotatable bonds is 5. The van der Waals surface area contributed by atoms with E-state index in [1.165, 1.54) is 6.07 Å². The number of carbonyl (C=O) groups excluding carboxylic acids is 1. The van der Waals surface area contributed by atoms with Crippen molar-refractivity contribution < 1.29 is 18.7 Å². The Morgan fingerprint density at radius 3 is 2.62 bits per heavy atom. The Balaban J connectivity index is 1.63. The monoisotopic (exact) mass is 329 g/mol. The summed E-state index contributed by atoms with van der Waals surface area (Å²) in [6.07, 6.45) is -0.186. The quantitative estimate of drug-likeness (QED) is 0.846. The highest BCUT2D eigenvalue weighted by atomic mass is 19.1. The van der Waals surface area contributed by atoms with Gasteiger partial charge in [0.2, 0.25) is 5.91 Å². The zero-order chi connectivity index (χ0) is 16.9. The Morgan fingerprint density at radius 1 is 1.17 bits per heavy atom. The summed E-state index contributed by atoms with van der Waals surface area (Å²) in [5.41, 5.74) is 0.409. The van der Waals surface area contributed by atoms with Crippen molar-refractivity contribution in [3.05, 3.63) is 59.9 Å². The SMILES string of the molecule is CCN(CC1COc2ccccc2O1)C(=O)Cc1ccccc1F. The first kappa shape index (κ1) is 16.3. The maximum atomic E-state index is 13.7. The molecule has 24 heavy (non-hydrogen) atoms. The molecule has 5 heteroatoms. The van der Waals surface area contributed by atoms with Crippen LogP contribution in [0.3, 0.4) is 0 Å². The molecule has 0 bridgehead atoms. The van der Waals surface area contributed by atoms with Gasteiger partial charge in [-0.3, -0.25) is 4.79 Å². The second-order valence-corrected chi connectivity index (χ2v) is 5.70. The summed E-state index contributed by atoms with van der Waals surface area (Å²) in [6.45, 7) is 3.24. The van der Waals surface area contributed by atoms with Crippen LogP contribution in [-0.2, 0) is 11.2 Å². The van der Waals surface area contributed by atoms with Crippen LogP contribution in [0.1, 0.15) is 12.5 Å². The van der Waals surface area contributed by atoms with Crippen molar-refractivity contribution in [2.24, 2.45) is 0 Å². The van der Waals surface area contributed by atoms with Crippen LogP contribution in [0.25, 0.3) is 0 Å². The Kier molecular flexibility index (Phi) is 4.99. The van der Waals surface area contributed by atoms with Crippen molar-refractivity contribution >= 4 is 5.91 Å². The first-order valence-electron chi connectivity index (χ1n) is 8.07. The molecule has 2 aromatic rings. The third kappa shape index (κ3) is 3.67. The summed E-state index contributed by atoms with van der Waals surface area (Å²) < 4.78 is 25.3. The van der Waals surface area contributed by atoms with E-state index in [0.29, 0.717) is 31.0 Å². The van der Waals surface area contributed by atoms with E-state index in [-0.39, 0.29) is 24.2 Å². The molecule has 0 N–H and O–H groups in total. The third-order valence-corrected chi connectivity index (χ3v) is 4.03. The minimum absolute atomic E-state index is 0.0463. The van der Waals surface area contributed by atoms with E-state index in [9.17, 15) is 9.18 Å². The molecule has 1 amide bonds. The number of likely N-dealkylation sites (N-methyl/N-ethyl adjacent to an activating group) is 1. The molecule has 1 atom stereocenters. The van der Waals surface area contributed by atoms with E-state index in [0.717, 1.165) is 5.75 Å². The number of halogens is 1. The molecule has 0 saturated heterocycles. The van der Waals surface area contributed by atoms with Gasteiger partial charge < -0.3 is 14.4 Å². The van der Waals surface area contributed by atoms with Crippen molar-refractivity contribution in [2.45, 2.75) is 19.4 Å². The molecule has 1 aliphatic rings. The van der Waals surface area contributed by atoms with E-state index in [2.05, 4.69) is 0 Å². The van der Waals surface area contributed by atoms with Gasteiger partial charge in [-0.1, -0.05) is 30.3 Å². The third-order valence-electron chi connectivity index (χ3n) is 4.03. The van der Waals surface area contributed by atoms with Gasteiger partial charge in [-0.05, 0) is 30.7 Å². The highest BCUT2D eigenvalue weighted by Gasteiger charge is 2.25. The molecule has 1 heterocycles. The lowest BCUT2D eigenvalue weighted by atomic mass is 10.1. The predicted octanol–water partition coefficient (Wildman–Crippen LogP) is 3.06. The maximum absolute atomic E-state index is 13.7. The van der Waals surface area contributed by atoms with Gasteiger partial charge in [0.25, 0.3) is 0 Å². The van der Waals surface area contributed by atoms with Crippen molar-refractivity contribution in [1.29, 1.82) is 0 Å². The van der Waals surface area contributed by atoms with Gasteiger partial charge in [0.05, 0.1) is 13.0 Å². The van der Waals surface area contributed by atoms with Crippen LogP contribution < -0.4 is 9.47 Å². The molecule has 1 aliphatic heterocycles. The number of benzene rings is 2. The van der Waals surface area contributed by atoms with Gasteiger partial charge >= 0.3 is 0 Å². The van der Waals surface area contributed by atoms with Gasteiger partial charge in [0.1, 0.15) is 12.4 Å². The molecule has 4 nitrogen and oxygen atoms in total.